The minimum absolute atomic E-state index is 0.0484. The highest BCUT2D eigenvalue weighted by Gasteiger charge is 2.38. The quantitative estimate of drug-likeness (QED) is 0.130. The van der Waals surface area contributed by atoms with Crippen molar-refractivity contribution in [2.75, 3.05) is 5.75 Å². The van der Waals surface area contributed by atoms with Crippen molar-refractivity contribution in [3.8, 4) is 11.1 Å². The summed E-state index contributed by atoms with van der Waals surface area (Å²) in [5.74, 6) is -0.821. The van der Waals surface area contributed by atoms with Crippen LogP contribution in [0.4, 0.5) is 0 Å². The highest BCUT2D eigenvalue weighted by atomic mass is 32.2. The Hall–Kier alpha value is -4.87. The SMILES string of the molecule is C[C@@H]1[C@H](CSc2ncccc2C(=O)O)O[C@H](c2cccc(-c3cccc(CNC(=O)c4cccnc4)c3)c2)O[C@@H]1c1ccc(CO)cc1. The molecule has 10 heteroatoms. The maximum absolute atomic E-state index is 12.6. The number of ether oxygens (including phenoxy) is 2. The van der Waals surface area contributed by atoms with E-state index in [1.165, 1.54) is 18.0 Å². The summed E-state index contributed by atoms with van der Waals surface area (Å²) in [6.45, 7) is 2.38. The third kappa shape index (κ3) is 7.80. The van der Waals surface area contributed by atoms with Crippen molar-refractivity contribution in [1.29, 1.82) is 0 Å². The lowest BCUT2D eigenvalue weighted by molar-refractivity contribution is -0.268. The van der Waals surface area contributed by atoms with Gasteiger partial charge in [0.05, 0.1) is 29.9 Å². The van der Waals surface area contributed by atoms with Crippen LogP contribution in [0.3, 0.4) is 0 Å². The molecule has 2 aromatic heterocycles. The smallest absolute Gasteiger partial charge is 0.338 e. The van der Waals surface area contributed by atoms with Gasteiger partial charge in [0.15, 0.2) is 6.29 Å². The van der Waals surface area contributed by atoms with Gasteiger partial charge in [-0.15, -0.1) is 11.8 Å². The molecule has 1 fully saturated rings. The molecule has 0 bridgehead atoms. The van der Waals surface area contributed by atoms with E-state index in [2.05, 4.69) is 22.2 Å². The molecule has 1 amide bonds. The molecule has 48 heavy (non-hydrogen) atoms. The van der Waals surface area contributed by atoms with Crippen LogP contribution in [-0.4, -0.2) is 43.9 Å². The predicted octanol–water partition coefficient (Wildman–Crippen LogP) is 6.85. The van der Waals surface area contributed by atoms with E-state index in [9.17, 15) is 19.8 Å². The number of nitrogens with zero attached hydrogens (tertiary/aromatic N) is 2. The molecule has 0 radical (unpaired) electrons. The molecule has 1 aliphatic heterocycles. The van der Waals surface area contributed by atoms with Gasteiger partial charge in [-0.1, -0.05) is 67.6 Å². The fourth-order valence-electron chi connectivity index (χ4n) is 5.65. The summed E-state index contributed by atoms with van der Waals surface area (Å²) in [6, 6.07) is 30.3. The van der Waals surface area contributed by atoms with Crippen molar-refractivity contribution in [2.45, 2.75) is 43.6 Å². The van der Waals surface area contributed by atoms with Gasteiger partial charge in [-0.3, -0.25) is 9.78 Å². The topological polar surface area (TPSA) is 131 Å². The predicted molar refractivity (Wildman–Crippen MR) is 182 cm³/mol. The fourth-order valence-corrected chi connectivity index (χ4v) is 6.80. The van der Waals surface area contributed by atoms with Gasteiger partial charge < -0.3 is 25.0 Å². The summed E-state index contributed by atoms with van der Waals surface area (Å²) >= 11 is 1.35. The molecule has 1 saturated heterocycles. The zero-order chi connectivity index (χ0) is 33.5. The van der Waals surface area contributed by atoms with Crippen LogP contribution in [0.5, 0.6) is 0 Å². The average molecular weight is 662 g/mol. The van der Waals surface area contributed by atoms with E-state index < -0.39 is 12.3 Å². The number of thioether (sulfide) groups is 1. The number of aromatic carboxylic acids is 1. The zero-order valence-corrected chi connectivity index (χ0v) is 27.0. The number of aromatic nitrogens is 2. The Morgan fingerprint density at radius 2 is 1.62 bits per heavy atom. The Morgan fingerprint density at radius 1 is 0.854 bits per heavy atom. The standard InChI is InChI=1S/C38H35N3O6S/c1-24-33(23-48-36-32(37(44)45)11-5-17-40-36)46-38(47-34(24)27-14-12-25(22-42)13-15-27)30-9-3-8-29(19-30)28-7-2-6-26(18-28)20-41-35(43)31-10-4-16-39-21-31/h2-19,21,24,33-34,38,42H,20,22-23H2,1H3,(H,41,43)(H,44,45)/t24-,33+,34+,38+/m1/s1. The van der Waals surface area contributed by atoms with Gasteiger partial charge in [-0.25, -0.2) is 9.78 Å². The number of hydrogen-bond donors (Lipinski definition) is 3. The summed E-state index contributed by atoms with van der Waals surface area (Å²) in [5.41, 5.74) is 6.17. The van der Waals surface area contributed by atoms with Crippen LogP contribution >= 0.6 is 11.8 Å². The number of aliphatic hydroxyl groups excluding tert-OH is 1. The molecule has 3 N–H and O–H groups in total. The minimum Gasteiger partial charge on any atom is -0.478 e. The molecule has 0 unspecified atom stereocenters. The van der Waals surface area contributed by atoms with Crippen molar-refractivity contribution in [2.24, 2.45) is 5.92 Å². The number of rotatable bonds is 11. The molecule has 0 aliphatic carbocycles. The Kier molecular flexibility index (Phi) is 10.6. The normalized spacial score (nSPS) is 19.0. The summed E-state index contributed by atoms with van der Waals surface area (Å²) in [5, 5.41) is 22.6. The maximum atomic E-state index is 12.6. The lowest BCUT2D eigenvalue weighted by Gasteiger charge is -2.41. The van der Waals surface area contributed by atoms with Crippen molar-refractivity contribution < 1.29 is 29.3 Å². The van der Waals surface area contributed by atoms with Gasteiger partial charge in [-0.05, 0) is 64.2 Å². The first-order valence-electron chi connectivity index (χ1n) is 15.6. The summed E-state index contributed by atoms with van der Waals surface area (Å²) < 4.78 is 13.3. The summed E-state index contributed by atoms with van der Waals surface area (Å²) in [6.07, 6.45) is 3.45. The van der Waals surface area contributed by atoms with Crippen LogP contribution in [0.1, 0.15) is 62.3 Å². The number of hydrogen-bond acceptors (Lipinski definition) is 8. The van der Waals surface area contributed by atoms with Crippen molar-refractivity contribution in [1.82, 2.24) is 15.3 Å². The summed E-state index contributed by atoms with van der Waals surface area (Å²) in [7, 11) is 0. The van der Waals surface area contributed by atoms with Crippen LogP contribution < -0.4 is 5.32 Å². The molecule has 9 nitrogen and oxygen atoms in total. The van der Waals surface area contributed by atoms with Gasteiger partial charge in [-0.2, -0.15) is 0 Å². The molecule has 244 valence electrons. The van der Waals surface area contributed by atoms with Crippen LogP contribution in [0, 0.1) is 5.92 Å². The van der Waals surface area contributed by atoms with Gasteiger partial charge >= 0.3 is 5.97 Å². The van der Waals surface area contributed by atoms with E-state index >= 15 is 0 Å². The molecule has 0 saturated carbocycles. The molecule has 1 aliphatic rings. The molecular weight excluding hydrogens is 627 g/mol. The van der Waals surface area contributed by atoms with E-state index in [4.69, 9.17) is 9.47 Å². The lowest BCUT2D eigenvalue weighted by Crippen LogP contribution is -2.38. The Labute approximate surface area is 283 Å². The van der Waals surface area contributed by atoms with Crippen molar-refractivity contribution >= 4 is 23.6 Å². The van der Waals surface area contributed by atoms with Crippen LogP contribution in [0.15, 0.2) is 121 Å². The number of nitrogens with one attached hydrogen (secondary N) is 1. The lowest BCUT2D eigenvalue weighted by atomic mass is 9.91. The largest absolute Gasteiger partial charge is 0.478 e. The molecule has 3 aromatic carbocycles. The van der Waals surface area contributed by atoms with E-state index in [-0.39, 0.29) is 36.2 Å². The Morgan fingerprint density at radius 3 is 2.38 bits per heavy atom. The second-order valence-electron chi connectivity index (χ2n) is 11.5. The second-order valence-corrected chi connectivity index (χ2v) is 12.6. The van der Waals surface area contributed by atoms with Crippen LogP contribution in [0.25, 0.3) is 11.1 Å². The van der Waals surface area contributed by atoms with Gasteiger partial charge in [0, 0.05) is 42.4 Å². The number of carbonyl (C=O) groups excluding carboxylic acids is 1. The van der Waals surface area contributed by atoms with E-state index in [0.29, 0.717) is 22.9 Å². The molecular formula is C38H35N3O6S. The number of carboxylic acid groups (broad SMARTS) is 1. The monoisotopic (exact) mass is 661 g/mol. The van der Waals surface area contributed by atoms with Crippen molar-refractivity contribution in [3.05, 3.63) is 149 Å². The number of carbonyl (C=O) groups is 2. The molecule has 6 rings (SSSR count). The van der Waals surface area contributed by atoms with E-state index in [1.54, 1.807) is 36.7 Å². The Balaban J connectivity index is 1.24. The molecule has 5 aromatic rings. The zero-order valence-electron chi connectivity index (χ0n) is 26.2. The third-order valence-electron chi connectivity index (χ3n) is 8.31. The molecule has 3 heterocycles. The van der Waals surface area contributed by atoms with Gasteiger partial charge in [0.1, 0.15) is 5.03 Å². The second kappa shape index (κ2) is 15.4. The average Bonchev–Trinajstić information content (AvgIpc) is 3.14. The Bertz CT molecular complexity index is 1870. The van der Waals surface area contributed by atoms with Crippen LogP contribution in [0.2, 0.25) is 0 Å². The number of amides is 1. The van der Waals surface area contributed by atoms with E-state index in [1.807, 2.05) is 72.8 Å². The van der Waals surface area contributed by atoms with Crippen LogP contribution in [-0.2, 0) is 22.6 Å². The summed E-state index contributed by atoms with van der Waals surface area (Å²) in [4.78, 5) is 32.7. The number of carboxylic acids is 1. The maximum Gasteiger partial charge on any atom is 0.338 e. The number of benzene rings is 3. The van der Waals surface area contributed by atoms with Gasteiger partial charge in [0.2, 0.25) is 0 Å². The number of pyridine rings is 2. The van der Waals surface area contributed by atoms with Crippen molar-refractivity contribution in [3.63, 3.8) is 0 Å². The van der Waals surface area contributed by atoms with Gasteiger partial charge in [0.25, 0.3) is 5.91 Å². The first-order chi connectivity index (χ1) is 23.4. The van der Waals surface area contributed by atoms with E-state index in [0.717, 1.165) is 33.4 Å². The molecule has 0 spiro atoms. The molecule has 4 atom stereocenters. The minimum atomic E-state index is -1.02. The fraction of sp³-hybridized carbons (Fsp3) is 0.211. The highest BCUT2D eigenvalue weighted by Crippen LogP contribution is 2.43. The first-order valence-corrected chi connectivity index (χ1v) is 16.6. The highest BCUT2D eigenvalue weighted by molar-refractivity contribution is 7.99. The first kappa shape index (κ1) is 33.0. The third-order valence-corrected chi connectivity index (χ3v) is 9.40. The number of aliphatic hydroxyl groups is 1.